The number of anilines is 1. The van der Waals surface area contributed by atoms with Gasteiger partial charge in [-0.2, -0.15) is 0 Å². The quantitative estimate of drug-likeness (QED) is 0.759. The van der Waals surface area contributed by atoms with E-state index in [0.29, 0.717) is 29.7 Å². The van der Waals surface area contributed by atoms with Crippen molar-refractivity contribution in [2.24, 2.45) is 5.73 Å². The first-order chi connectivity index (χ1) is 12.5. The van der Waals surface area contributed by atoms with Crippen molar-refractivity contribution in [2.75, 3.05) is 4.90 Å². The minimum absolute atomic E-state index is 0.0965. The molecule has 0 fully saturated rings. The smallest absolute Gasteiger partial charge is 0.258 e. The van der Waals surface area contributed by atoms with Crippen molar-refractivity contribution in [1.82, 2.24) is 9.97 Å². The van der Waals surface area contributed by atoms with E-state index in [1.54, 1.807) is 6.07 Å². The molecule has 1 aromatic heterocycles. The highest BCUT2D eigenvalue weighted by molar-refractivity contribution is 5.85. The lowest BCUT2D eigenvalue weighted by molar-refractivity contribution is -0.119. The van der Waals surface area contributed by atoms with E-state index in [-0.39, 0.29) is 23.4 Å². The molecule has 26 heavy (non-hydrogen) atoms. The van der Waals surface area contributed by atoms with Gasteiger partial charge in [0.05, 0.1) is 23.4 Å². The highest BCUT2D eigenvalue weighted by Gasteiger charge is 2.33. The third-order valence-electron chi connectivity index (χ3n) is 5.06. The molecule has 2 aromatic carbocycles. The van der Waals surface area contributed by atoms with Crippen LogP contribution in [0.1, 0.15) is 30.7 Å². The van der Waals surface area contributed by atoms with Crippen molar-refractivity contribution in [3.05, 3.63) is 70.3 Å². The molecule has 0 unspecified atom stereocenters. The molecule has 3 N–H and O–H groups in total. The number of nitrogens with one attached hydrogen (secondary N) is 1. The van der Waals surface area contributed by atoms with Crippen LogP contribution in [-0.2, 0) is 11.3 Å². The Hall–Kier alpha value is -3.15. The maximum atomic E-state index is 12.3. The molecule has 0 radical (unpaired) electrons. The normalized spacial score (nSPS) is 19.3. The van der Waals surface area contributed by atoms with Crippen LogP contribution in [0.2, 0.25) is 0 Å². The number of amides is 1. The van der Waals surface area contributed by atoms with Crippen LogP contribution in [0.3, 0.4) is 0 Å². The molecule has 0 aliphatic carbocycles. The number of rotatable bonds is 3. The first-order valence-electron chi connectivity index (χ1n) is 8.67. The van der Waals surface area contributed by atoms with E-state index in [4.69, 9.17) is 5.73 Å². The van der Waals surface area contributed by atoms with Crippen molar-refractivity contribution in [3.8, 4) is 0 Å². The predicted molar refractivity (Wildman–Crippen MR) is 101 cm³/mol. The molecule has 1 amide bonds. The number of H-pyrrole nitrogens is 1. The SMILES string of the molecule is C[C@@H]1C[C@@H](C(N)=O)c2ccccc2N1Cc1nc2ccccc2c(=O)[nH]1. The number of nitrogens with two attached hydrogens (primary N) is 1. The van der Waals surface area contributed by atoms with Gasteiger partial charge in [0.25, 0.3) is 5.56 Å². The lowest BCUT2D eigenvalue weighted by Crippen LogP contribution is -2.41. The van der Waals surface area contributed by atoms with Crippen LogP contribution in [0.5, 0.6) is 0 Å². The second-order valence-corrected chi connectivity index (χ2v) is 6.76. The average Bonchev–Trinajstić information content (AvgIpc) is 2.63. The molecule has 2 atom stereocenters. The molecule has 6 nitrogen and oxygen atoms in total. The standard InChI is InChI=1S/C20H20N4O2/c1-12-10-15(19(21)25)13-6-3-5-9-17(13)24(12)11-18-22-16-8-4-2-7-14(16)20(26)23-18/h2-9,12,15H,10-11H2,1H3,(H2,21,25)(H,22,23,26)/t12-,15-/m1/s1. The number of benzene rings is 2. The van der Waals surface area contributed by atoms with Gasteiger partial charge >= 0.3 is 0 Å². The number of fused-ring (bicyclic) bond motifs is 2. The number of carbonyl (C=O) groups is 1. The molecule has 0 bridgehead atoms. The van der Waals surface area contributed by atoms with Crippen LogP contribution in [-0.4, -0.2) is 21.9 Å². The predicted octanol–water partition coefficient (Wildman–Crippen LogP) is 2.29. The van der Waals surface area contributed by atoms with Crippen molar-refractivity contribution in [3.63, 3.8) is 0 Å². The zero-order valence-electron chi connectivity index (χ0n) is 14.5. The maximum absolute atomic E-state index is 12.3. The highest BCUT2D eigenvalue weighted by Crippen LogP contribution is 2.38. The van der Waals surface area contributed by atoms with Crippen LogP contribution < -0.4 is 16.2 Å². The molecule has 132 valence electrons. The van der Waals surface area contributed by atoms with Crippen molar-refractivity contribution < 1.29 is 4.79 Å². The van der Waals surface area contributed by atoms with Gasteiger partial charge in [0.15, 0.2) is 0 Å². The summed E-state index contributed by atoms with van der Waals surface area (Å²) in [6.07, 6.45) is 0.643. The molecule has 3 aromatic rings. The Morgan fingerprint density at radius 1 is 1.23 bits per heavy atom. The second-order valence-electron chi connectivity index (χ2n) is 6.76. The average molecular weight is 348 g/mol. The number of primary amides is 1. The summed E-state index contributed by atoms with van der Waals surface area (Å²) in [5.41, 5.74) is 8.04. The van der Waals surface area contributed by atoms with Crippen LogP contribution in [0, 0.1) is 0 Å². The van der Waals surface area contributed by atoms with Gasteiger partial charge in [-0.3, -0.25) is 9.59 Å². The zero-order valence-corrected chi connectivity index (χ0v) is 14.5. The third-order valence-corrected chi connectivity index (χ3v) is 5.06. The number of para-hydroxylation sites is 2. The largest absolute Gasteiger partial charge is 0.369 e. The fraction of sp³-hybridized carbons (Fsp3) is 0.250. The Morgan fingerprint density at radius 2 is 1.96 bits per heavy atom. The topological polar surface area (TPSA) is 92.1 Å². The summed E-state index contributed by atoms with van der Waals surface area (Å²) in [7, 11) is 0. The molecule has 0 saturated heterocycles. The molecule has 1 aliphatic heterocycles. The second kappa shape index (κ2) is 6.29. The van der Waals surface area contributed by atoms with E-state index < -0.39 is 0 Å². The summed E-state index contributed by atoms with van der Waals surface area (Å²) in [4.78, 5) is 33.9. The van der Waals surface area contributed by atoms with Gasteiger partial charge in [-0.05, 0) is 37.1 Å². The first kappa shape index (κ1) is 16.3. The molecule has 6 heteroatoms. The Balaban J connectivity index is 1.75. The van der Waals surface area contributed by atoms with Crippen molar-refractivity contribution >= 4 is 22.5 Å². The number of aromatic amines is 1. The summed E-state index contributed by atoms with van der Waals surface area (Å²) in [6.45, 7) is 2.52. The summed E-state index contributed by atoms with van der Waals surface area (Å²) in [5, 5.41) is 0.581. The molecular formula is C20H20N4O2. The lowest BCUT2D eigenvalue weighted by atomic mass is 9.85. The van der Waals surface area contributed by atoms with E-state index in [1.807, 2.05) is 42.5 Å². The molecule has 1 aliphatic rings. The minimum Gasteiger partial charge on any atom is -0.369 e. The third kappa shape index (κ3) is 2.73. The Labute approximate surface area is 150 Å². The number of hydrogen-bond acceptors (Lipinski definition) is 4. The minimum atomic E-state index is -0.304. The number of hydrogen-bond donors (Lipinski definition) is 2. The van der Waals surface area contributed by atoms with Gasteiger partial charge in [0.1, 0.15) is 5.82 Å². The molecule has 2 heterocycles. The monoisotopic (exact) mass is 348 g/mol. The molecule has 4 rings (SSSR count). The fourth-order valence-electron chi connectivity index (χ4n) is 3.76. The van der Waals surface area contributed by atoms with Gasteiger partial charge in [-0.1, -0.05) is 30.3 Å². The summed E-state index contributed by atoms with van der Waals surface area (Å²) in [6, 6.07) is 15.2. The number of nitrogens with zero attached hydrogens (tertiary/aromatic N) is 2. The van der Waals surface area contributed by atoms with E-state index in [0.717, 1.165) is 11.3 Å². The maximum Gasteiger partial charge on any atom is 0.258 e. The van der Waals surface area contributed by atoms with E-state index >= 15 is 0 Å². The van der Waals surface area contributed by atoms with Gasteiger partial charge in [0, 0.05) is 11.7 Å². The van der Waals surface area contributed by atoms with Crippen molar-refractivity contribution in [1.29, 1.82) is 0 Å². The van der Waals surface area contributed by atoms with Crippen LogP contribution in [0.25, 0.3) is 10.9 Å². The van der Waals surface area contributed by atoms with Gasteiger partial charge in [-0.15, -0.1) is 0 Å². The first-order valence-corrected chi connectivity index (χ1v) is 8.67. The Bertz CT molecular complexity index is 1040. The van der Waals surface area contributed by atoms with E-state index in [1.165, 1.54) is 0 Å². The lowest BCUT2D eigenvalue weighted by Gasteiger charge is -2.39. The molecule has 0 spiro atoms. The van der Waals surface area contributed by atoms with Gasteiger partial charge in [-0.25, -0.2) is 4.98 Å². The van der Waals surface area contributed by atoms with E-state index in [9.17, 15) is 9.59 Å². The molecular weight excluding hydrogens is 328 g/mol. The van der Waals surface area contributed by atoms with E-state index in [2.05, 4.69) is 21.8 Å². The molecule has 0 saturated carbocycles. The highest BCUT2D eigenvalue weighted by atomic mass is 16.1. The van der Waals surface area contributed by atoms with Crippen LogP contribution >= 0.6 is 0 Å². The summed E-state index contributed by atoms with van der Waals surface area (Å²) in [5.74, 6) is 0.00938. The van der Waals surface area contributed by atoms with Crippen LogP contribution in [0.4, 0.5) is 5.69 Å². The van der Waals surface area contributed by atoms with Gasteiger partial charge < -0.3 is 15.6 Å². The number of carbonyl (C=O) groups excluding carboxylic acids is 1. The summed E-state index contributed by atoms with van der Waals surface area (Å²) < 4.78 is 0. The van der Waals surface area contributed by atoms with Crippen molar-refractivity contribution in [2.45, 2.75) is 31.8 Å². The Morgan fingerprint density at radius 3 is 2.77 bits per heavy atom. The fourth-order valence-corrected chi connectivity index (χ4v) is 3.76. The van der Waals surface area contributed by atoms with Crippen LogP contribution in [0.15, 0.2) is 53.3 Å². The Kier molecular flexibility index (Phi) is 3.95. The zero-order chi connectivity index (χ0) is 18.3. The number of aromatic nitrogens is 2. The summed E-state index contributed by atoms with van der Waals surface area (Å²) >= 11 is 0. The van der Waals surface area contributed by atoms with Gasteiger partial charge in [0.2, 0.25) is 5.91 Å².